The van der Waals surface area contributed by atoms with Crippen molar-refractivity contribution in [3.05, 3.63) is 28.0 Å². The summed E-state index contributed by atoms with van der Waals surface area (Å²) in [5.41, 5.74) is 7.58. The summed E-state index contributed by atoms with van der Waals surface area (Å²) in [6, 6.07) is 3.92. The molecule has 0 aliphatic rings. The van der Waals surface area contributed by atoms with Gasteiger partial charge in [0.2, 0.25) is 0 Å². The van der Waals surface area contributed by atoms with Crippen LogP contribution in [-0.4, -0.2) is 4.98 Å². The van der Waals surface area contributed by atoms with Crippen molar-refractivity contribution in [3.63, 3.8) is 0 Å². The number of nitrogens with zero attached hydrogens (tertiary/aromatic N) is 1. The lowest BCUT2D eigenvalue weighted by molar-refractivity contribution is 0.774. The van der Waals surface area contributed by atoms with Crippen LogP contribution in [0.3, 0.4) is 0 Å². The number of nitrogens with two attached hydrogens (primary N) is 1. The zero-order valence-corrected chi connectivity index (χ0v) is 8.22. The van der Waals surface area contributed by atoms with Gasteiger partial charge in [-0.3, -0.25) is 4.98 Å². The molecule has 2 nitrogen and oxygen atoms in total. The van der Waals surface area contributed by atoms with Crippen molar-refractivity contribution in [1.29, 1.82) is 0 Å². The molecule has 0 amide bonds. The maximum absolute atomic E-state index is 5.65. The normalized spacial score (nSPS) is 13.1. The molecule has 1 aromatic rings. The Labute approximate surface area is 75.0 Å². The summed E-state index contributed by atoms with van der Waals surface area (Å²) >= 11 is 3.38. The molecule has 0 aliphatic carbocycles. The van der Waals surface area contributed by atoms with Crippen molar-refractivity contribution >= 4 is 15.9 Å². The highest BCUT2D eigenvalue weighted by atomic mass is 79.9. The summed E-state index contributed by atoms with van der Waals surface area (Å²) in [6.07, 6.45) is 0. The number of hydrogen-bond acceptors (Lipinski definition) is 2. The van der Waals surface area contributed by atoms with E-state index in [0.29, 0.717) is 0 Å². The molecule has 1 heterocycles. The summed E-state index contributed by atoms with van der Waals surface area (Å²) in [7, 11) is 0. The van der Waals surface area contributed by atoms with E-state index in [1.807, 2.05) is 26.0 Å². The smallest absolute Gasteiger partial charge is 0.0572 e. The lowest BCUT2D eigenvalue weighted by Gasteiger charge is -2.05. The number of aryl methyl sites for hydroxylation is 1. The molecule has 0 aromatic carbocycles. The van der Waals surface area contributed by atoms with Gasteiger partial charge in [-0.2, -0.15) is 0 Å². The lowest BCUT2D eigenvalue weighted by atomic mass is 10.2. The zero-order valence-electron chi connectivity index (χ0n) is 6.63. The average Bonchev–Trinajstić information content (AvgIpc) is 1.94. The van der Waals surface area contributed by atoms with E-state index in [1.54, 1.807) is 0 Å². The number of aromatic nitrogens is 1. The second-order valence-corrected chi connectivity index (χ2v) is 3.45. The van der Waals surface area contributed by atoms with Crippen LogP contribution in [-0.2, 0) is 0 Å². The van der Waals surface area contributed by atoms with Crippen molar-refractivity contribution in [3.8, 4) is 0 Å². The summed E-state index contributed by atoms with van der Waals surface area (Å²) < 4.78 is 1.03. The van der Waals surface area contributed by atoms with Gasteiger partial charge in [0.1, 0.15) is 0 Å². The summed E-state index contributed by atoms with van der Waals surface area (Å²) in [4.78, 5) is 4.30. The maximum atomic E-state index is 5.65. The predicted octanol–water partition coefficient (Wildman–Crippen LogP) is 2.17. The predicted molar refractivity (Wildman–Crippen MR) is 49.3 cm³/mol. The van der Waals surface area contributed by atoms with Crippen LogP contribution in [0.4, 0.5) is 0 Å². The Bertz CT molecular complexity index is 258. The van der Waals surface area contributed by atoms with Gasteiger partial charge >= 0.3 is 0 Å². The molecular formula is C8H11BrN2. The van der Waals surface area contributed by atoms with Crippen molar-refractivity contribution < 1.29 is 0 Å². The standard InChI is InChI=1S/C8H11BrN2/c1-5(10)8-4-3-7(9)6(2)11-8/h3-5H,10H2,1-2H3/t5-/m1/s1. The zero-order chi connectivity index (χ0) is 8.43. The van der Waals surface area contributed by atoms with Gasteiger partial charge < -0.3 is 5.73 Å². The third kappa shape index (κ3) is 2.01. The Morgan fingerprint density at radius 1 is 1.55 bits per heavy atom. The van der Waals surface area contributed by atoms with Gasteiger partial charge in [-0.1, -0.05) is 0 Å². The molecule has 0 bridgehead atoms. The van der Waals surface area contributed by atoms with Gasteiger partial charge in [0.05, 0.1) is 11.4 Å². The summed E-state index contributed by atoms with van der Waals surface area (Å²) in [6.45, 7) is 3.88. The van der Waals surface area contributed by atoms with Crippen molar-refractivity contribution in [2.24, 2.45) is 5.73 Å². The van der Waals surface area contributed by atoms with Gasteiger partial charge in [0, 0.05) is 10.5 Å². The van der Waals surface area contributed by atoms with Crippen molar-refractivity contribution in [2.45, 2.75) is 19.9 Å². The molecular weight excluding hydrogens is 204 g/mol. The van der Waals surface area contributed by atoms with E-state index >= 15 is 0 Å². The third-order valence-corrected chi connectivity index (χ3v) is 2.35. The molecule has 0 saturated carbocycles. The van der Waals surface area contributed by atoms with Gasteiger partial charge in [0.25, 0.3) is 0 Å². The first-order chi connectivity index (χ1) is 5.11. The molecule has 1 rings (SSSR count). The number of pyridine rings is 1. The highest BCUT2D eigenvalue weighted by Crippen LogP contribution is 2.16. The van der Waals surface area contributed by atoms with E-state index in [2.05, 4.69) is 20.9 Å². The molecule has 0 aliphatic heterocycles. The molecule has 0 unspecified atom stereocenters. The molecule has 0 saturated heterocycles. The van der Waals surface area contributed by atoms with Crippen LogP contribution in [0.1, 0.15) is 24.4 Å². The Hall–Kier alpha value is -0.410. The van der Waals surface area contributed by atoms with Crippen LogP contribution in [0.5, 0.6) is 0 Å². The Morgan fingerprint density at radius 3 is 2.64 bits per heavy atom. The second kappa shape index (κ2) is 3.32. The van der Waals surface area contributed by atoms with Gasteiger partial charge in [-0.15, -0.1) is 0 Å². The molecule has 11 heavy (non-hydrogen) atoms. The van der Waals surface area contributed by atoms with E-state index in [9.17, 15) is 0 Å². The molecule has 1 atom stereocenters. The quantitative estimate of drug-likeness (QED) is 0.779. The molecule has 0 spiro atoms. The average molecular weight is 215 g/mol. The van der Waals surface area contributed by atoms with Gasteiger partial charge in [-0.05, 0) is 41.9 Å². The first kappa shape index (κ1) is 8.68. The first-order valence-corrected chi connectivity index (χ1v) is 4.29. The van der Waals surface area contributed by atoms with E-state index < -0.39 is 0 Å². The van der Waals surface area contributed by atoms with E-state index in [1.165, 1.54) is 0 Å². The molecule has 3 heteroatoms. The van der Waals surface area contributed by atoms with Crippen LogP contribution in [0.2, 0.25) is 0 Å². The minimum Gasteiger partial charge on any atom is -0.323 e. The Morgan fingerprint density at radius 2 is 2.18 bits per heavy atom. The van der Waals surface area contributed by atoms with Crippen LogP contribution in [0, 0.1) is 6.92 Å². The number of halogens is 1. The number of rotatable bonds is 1. The molecule has 1 aromatic heterocycles. The van der Waals surface area contributed by atoms with Crippen LogP contribution < -0.4 is 5.73 Å². The Kier molecular flexibility index (Phi) is 2.62. The molecule has 0 radical (unpaired) electrons. The number of hydrogen-bond donors (Lipinski definition) is 1. The minimum absolute atomic E-state index is 0.0156. The fraction of sp³-hybridized carbons (Fsp3) is 0.375. The van der Waals surface area contributed by atoms with E-state index in [0.717, 1.165) is 15.9 Å². The van der Waals surface area contributed by atoms with Crippen LogP contribution in [0.25, 0.3) is 0 Å². The molecule has 60 valence electrons. The third-order valence-electron chi connectivity index (χ3n) is 1.51. The van der Waals surface area contributed by atoms with E-state index in [-0.39, 0.29) is 6.04 Å². The van der Waals surface area contributed by atoms with Gasteiger partial charge in [-0.25, -0.2) is 0 Å². The maximum Gasteiger partial charge on any atom is 0.0572 e. The van der Waals surface area contributed by atoms with Crippen LogP contribution >= 0.6 is 15.9 Å². The highest BCUT2D eigenvalue weighted by Gasteiger charge is 2.02. The first-order valence-electron chi connectivity index (χ1n) is 3.50. The van der Waals surface area contributed by atoms with Crippen molar-refractivity contribution in [2.75, 3.05) is 0 Å². The SMILES string of the molecule is Cc1nc([C@@H](C)N)ccc1Br. The highest BCUT2D eigenvalue weighted by molar-refractivity contribution is 9.10. The van der Waals surface area contributed by atoms with Crippen molar-refractivity contribution in [1.82, 2.24) is 4.98 Å². The molecule has 0 fully saturated rings. The summed E-state index contributed by atoms with van der Waals surface area (Å²) in [5.74, 6) is 0. The Balaban J connectivity index is 3.05. The van der Waals surface area contributed by atoms with Gasteiger partial charge in [0.15, 0.2) is 0 Å². The monoisotopic (exact) mass is 214 g/mol. The fourth-order valence-electron chi connectivity index (χ4n) is 0.817. The van der Waals surface area contributed by atoms with E-state index in [4.69, 9.17) is 5.73 Å². The summed E-state index contributed by atoms with van der Waals surface area (Å²) in [5, 5.41) is 0. The molecule has 2 N–H and O–H groups in total. The second-order valence-electron chi connectivity index (χ2n) is 2.59. The lowest BCUT2D eigenvalue weighted by Crippen LogP contribution is -2.07. The topological polar surface area (TPSA) is 38.9 Å². The fourth-order valence-corrected chi connectivity index (χ4v) is 1.04. The largest absolute Gasteiger partial charge is 0.323 e. The van der Waals surface area contributed by atoms with Crippen LogP contribution in [0.15, 0.2) is 16.6 Å². The minimum atomic E-state index is 0.0156.